The fourth-order valence-corrected chi connectivity index (χ4v) is 12.2. The Morgan fingerprint density at radius 2 is 0.881 bits per heavy atom. The Hall–Kier alpha value is -5.96. The van der Waals surface area contributed by atoms with Crippen LogP contribution >= 0.6 is 22.7 Å². The molecule has 4 heterocycles. The lowest BCUT2D eigenvalue weighted by atomic mass is 9.70. The molecule has 342 valence electrons. The molecule has 0 bridgehead atoms. The Balaban J connectivity index is 1.08. The number of unbranched alkanes of at least 4 members (excludes halogenated alkanes) is 10. The van der Waals surface area contributed by atoms with Crippen LogP contribution in [0.25, 0.3) is 44.2 Å². The number of carbonyl (C=O) groups is 2. The summed E-state index contributed by atoms with van der Waals surface area (Å²) in [6.07, 6.45) is 21.5. The molecule has 0 atom stereocenters. The predicted molar refractivity (Wildman–Crippen MR) is 283 cm³/mol. The fraction of sp³-hybridized carbons (Fsp3) is 0.322. The van der Waals surface area contributed by atoms with Gasteiger partial charge in [0.25, 0.3) is 11.8 Å². The molecule has 0 saturated heterocycles. The van der Waals surface area contributed by atoms with Gasteiger partial charge in [0.15, 0.2) is 0 Å². The largest absolute Gasteiger partial charge is 0.276 e. The zero-order chi connectivity index (χ0) is 46.3. The third-order valence-electron chi connectivity index (χ3n) is 13.8. The molecule has 0 spiro atoms. The van der Waals surface area contributed by atoms with Crippen LogP contribution in [-0.2, 0) is 15.0 Å². The van der Waals surface area contributed by atoms with E-state index in [-0.39, 0.29) is 17.2 Å². The van der Waals surface area contributed by atoms with E-state index in [2.05, 4.69) is 84.7 Å². The van der Waals surface area contributed by atoms with Crippen LogP contribution in [0.4, 0.5) is 0 Å². The first-order valence-corrected chi connectivity index (χ1v) is 26.2. The van der Waals surface area contributed by atoms with Gasteiger partial charge in [-0.25, -0.2) is 10.0 Å². The summed E-state index contributed by atoms with van der Waals surface area (Å²) in [6.45, 7) is 4.59. The summed E-state index contributed by atoms with van der Waals surface area (Å²) >= 11 is 3.47. The topological polar surface area (TPSA) is 65.3 Å². The first-order chi connectivity index (χ1) is 32.8. The van der Waals surface area contributed by atoms with E-state index >= 15 is 0 Å². The van der Waals surface area contributed by atoms with Gasteiger partial charge in [0.2, 0.25) is 0 Å². The lowest BCUT2D eigenvalue weighted by molar-refractivity contribution is -0.125. The maximum absolute atomic E-state index is 13.4. The van der Waals surface area contributed by atoms with Crippen LogP contribution in [0.5, 0.6) is 0 Å². The van der Waals surface area contributed by atoms with Crippen molar-refractivity contribution < 1.29 is 9.59 Å². The molecule has 9 rings (SSSR count). The monoisotopic (exact) mass is 922 g/mol. The minimum atomic E-state index is -0.111. The summed E-state index contributed by atoms with van der Waals surface area (Å²) in [5.41, 5.74) is 12.5. The molecule has 67 heavy (non-hydrogen) atoms. The molecule has 1 aliphatic carbocycles. The van der Waals surface area contributed by atoms with Crippen LogP contribution in [0.2, 0.25) is 0 Å². The molecule has 6 aromatic rings. The molecule has 0 unspecified atom stereocenters. The molecule has 2 amide bonds. The van der Waals surface area contributed by atoms with E-state index in [0.717, 1.165) is 33.7 Å². The first kappa shape index (κ1) is 46.2. The van der Waals surface area contributed by atoms with Gasteiger partial charge < -0.3 is 0 Å². The Bertz CT molecular complexity index is 2670. The molecule has 2 aliphatic heterocycles. The summed E-state index contributed by atoms with van der Waals surface area (Å²) in [7, 11) is 3.46. The number of hydrazone groups is 2. The van der Waals surface area contributed by atoms with Crippen molar-refractivity contribution in [2.45, 2.75) is 109 Å². The van der Waals surface area contributed by atoms with Crippen LogP contribution in [0.3, 0.4) is 0 Å². The van der Waals surface area contributed by atoms with Gasteiger partial charge in [-0.3, -0.25) is 9.59 Å². The van der Waals surface area contributed by atoms with Crippen LogP contribution in [0.15, 0.2) is 143 Å². The Morgan fingerprint density at radius 3 is 1.30 bits per heavy atom. The second-order valence-corrected chi connectivity index (χ2v) is 20.7. The van der Waals surface area contributed by atoms with Crippen molar-refractivity contribution in [1.82, 2.24) is 10.0 Å². The van der Waals surface area contributed by atoms with E-state index in [0.29, 0.717) is 22.6 Å². The highest BCUT2D eigenvalue weighted by Crippen LogP contribution is 2.56. The second kappa shape index (κ2) is 20.9. The molecular weight excluding hydrogens is 861 g/mol. The van der Waals surface area contributed by atoms with Gasteiger partial charge in [-0.05, 0) is 94.8 Å². The summed E-state index contributed by atoms with van der Waals surface area (Å²) in [5, 5.41) is 12.2. The molecule has 0 saturated carbocycles. The number of carbonyl (C=O) groups excluding carboxylic acids is 2. The second-order valence-electron chi connectivity index (χ2n) is 18.4. The van der Waals surface area contributed by atoms with Gasteiger partial charge in [-0.2, -0.15) is 10.2 Å². The van der Waals surface area contributed by atoms with Crippen molar-refractivity contribution in [2.75, 3.05) is 14.1 Å². The van der Waals surface area contributed by atoms with Gasteiger partial charge in [0, 0.05) is 50.1 Å². The highest BCUT2D eigenvalue weighted by molar-refractivity contribution is 7.16. The molecule has 0 N–H and O–H groups in total. The van der Waals surface area contributed by atoms with Crippen molar-refractivity contribution in [2.24, 2.45) is 10.2 Å². The number of fused-ring (bicyclic) bond motifs is 3. The van der Waals surface area contributed by atoms with Crippen molar-refractivity contribution in [3.63, 3.8) is 0 Å². The van der Waals surface area contributed by atoms with Gasteiger partial charge in [0.1, 0.15) is 11.4 Å². The molecular formula is C59H62N4O2S2. The molecule has 6 nitrogen and oxygen atoms in total. The lowest BCUT2D eigenvalue weighted by Crippen LogP contribution is -2.25. The number of rotatable bonds is 20. The molecule has 2 aromatic heterocycles. The summed E-state index contributed by atoms with van der Waals surface area (Å²) in [6, 6.07) is 43.2. The van der Waals surface area contributed by atoms with Crippen LogP contribution in [0.1, 0.15) is 136 Å². The Labute approximate surface area is 405 Å². The van der Waals surface area contributed by atoms with Crippen molar-refractivity contribution in [3.05, 3.63) is 164 Å². The standard InChI is InChI=1S/C59H62N4O2S2/c1-5-7-9-11-13-21-35-59(36-22-14-12-10-8-6-2)51-37-43(53-33-29-45(66-53)39-49-55(60-62(3)57(49)64)41-23-17-15-18-24-41)27-31-47(51)48-32-28-44(38-52(48)59)54-34-30-46(67-54)40-50-56(61-63(4)58(50)65)42-25-19-16-20-26-42/h15-20,23-34,37-40H,5-14,21-22,35-36H2,1-4H3. The minimum absolute atomic E-state index is 0.0863. The molecule has 4 aromatic carbocycles. The van der Waals surface area contributed by atoms with E-state index in [4.69, 9.17) is 0 Å². The van der Waals surface area contributed by atoms with Crippen LogP contribution in [-0.4, -0.2) is 47.4 Å². The van der Waals surface area contributed by atoms with Crippen LogP contribution in [0, 0.1) is 0 Å². The maximum Gasteiger partial charge on any atom is 0.276 e. The quantitative estimate of drug-likeness (QED) is 0.0566. The lowest BCUT2D eigenvalue weighted by Gasteiger charge is -2.33. The van der Waals surface area contributed by atoms with Gasteiger partial charge in [-0.1, -0.05) is 176 Å². The predicted octanol–water partition coefficient (Wildman–Crippen LogP) is 15.4. The van der Waals surface area contributed by atoms with Gasteiger partial charge in [-0.15, -0.1) is 22.7 Å². The third kappa shape index (κ3) is 9.75. The number of thiophene rings is 2. The van der Waals surface area contributed by atoms with E-state index in [1.165, 1.54) is 130 Å². The number of hydrogen-bond acceptors (Lipinski definition) is 6. The molecule has 0 radical (unpaired) electrons. The number of amides is 2. The molecule has 8 heteroatoms. The SMILES string of the molecule is CCCCCCCCC1(CCCCCCCC)c2cc(-c3ccc(C=C4C(=O)N(C)N=C4c4ccccc4)s3)ccc2-c2ccc(-c3ccc(C=C4C(=O)N(C)N=C4c4ccccc4)s3)cc21. The molecule has 0 fully saturated rings. The number of hydrogen-bond donors (Lipinski definition) is 0. The Morgan fingerprint density at radius 1 is 0.478 bits per heavy atom. The van der Waals surface area contributed by atoms with E-state index in [1.807, 2.05) is 72.8 Å². The van der Waals surface area contributed by atoms with E-state index in [1.54, 1.807) is 36.8 Å². The number of likely N-dealkylation sites (N-methyl/N-ethyl adjacent to an activating group) is 2. The summed E-state index contributed by atoms with van der Waals surface area (Å²) < 4.78 is 0. The highest BCUT2D eigenvalue weighted by atomic mass is 32.1. The summed E-state index contributed by atoms with van der Waals surface area (Å²) in [4.78, 5) is 31.3. The average molecular weight is 923 g/mol. The van der Waals surface area contributed by atoms with Gasteiger partial charge in [0.05, 0.1) is 11.1 Å². The first-order valence-electron chi connectivity index (χ1n) is 24.6. The van der Waals surface area contributed by atoms with Crippen LogP contribution < -0.4 is 0 Å². The normalized spacial score (nSPS) is 16.4. The fourth-order valence-electron chi connectivity index (χ4n) is 10.3. The highest BCUT2D eigenvalue weighted by Gasteiger charge is 2.43. The average Bonchev–Trinajstić information content (AvgIpc) is 4.19. The third-order valence-corrected chi connectivity index (χ3v) is 16.0. The number of nitrogens with zero attached hydrogens (tertiary/aromatic N) is 4. The smallest absolute Gasteiger partial charge is 0.267 e. The minimum Gasteiger partial charge on any atom is -0.267 e. The van der Waals surface area contributed by atoms with Crippen molar-refractivity contribution in [1.29, 1.82) is 0 Å². The summed E-state index contributed by atoms with van der Waals surface area (Å²) in [5.74, 6) is -0.173. The maximum atomic E-state index is 13.4. The Kier molecular flexibility index (Phi) is 14.4. The van der Waals surface area contributed by atoms with Gasteiger partial charge >= 0.3 is 0 Å². The zero-order valence-corrected chi connectivity index (χ0v) is 41.2. The van der Waals surface area contributed by atoms with Crippen molar-refractivity contribution >= 4 is 58.1 Å². The van der Waals surface area contributed by atoms with Crippen molar-refractivity contribution in [3.8, 4) is 32.0 Å². The van der Waals surface area contributed by atoms with E-state index in [9.17, 15) is 9.59 Å². The molecule has 3 aliphatic rings. The number of benzene rings is 4. The zero-order valence-electron chi connectivity index (χ0n) is 39.5. The van der Waals surface area contributed by atoms with E-state index < -0.39 is 0 Å².